The summed E-state index contributed by atoms with van der Waals surface area (Å²) in [6.45, 7) is 2.64. The number of hydrogen-bond donors (Lipinski definition) is 3. The second kappa shape index (κ2) is 7.51. The highest BCUT2D eigenvalue weighted by Crippen LogP contribution is 2.29. The first-order chi connectivity index (χ1) is 12.2. The zero-order valence-corrected chi connectivity index (χ0v) is 13.9. The molecule has 0 spiro atoms. The Kier molecular flexibility index (Phi) is 5.41. The first-order valence-corrected chi connectivity index (χ1v) is 7.46. The molecule has 1 heterocycles. The van der Waals surface area contributed by atoms with Crippen molar-refractivity contribution >= 4 is 23.3 Å². The summed E-state index contributed by atoms with van der Waals surface area (Å²) in [5.74, 6) is -4.09. The largest absolute Gasteiger partial charge is 0.506 e. The van der Waals surface area contributed by atoms with Crippen LogP contribution in [0, 0.1) is 0 Å². The van der Waals surface area contributed by atoms with Crippen LogP contribution >= 0.6 is 0 Å². The maximum atomic E-state index is 12.3. The van der Waals surface area contributed by atoms with Crippen LogP contribution < -0.4 is 15.7 Å². The van der Waals surface area contributed by atoms with Gasteiger partial charge in [0.2, 0.25) is 0 Å². The molecule has 0 saturated heterocycles. The van der Waals surface area contributed by atoms with Gasteiger partial charge in [-0.3, -0.25) is 14.4 Å². The molecule has 0 radical (unpaired) electrons. The lowest BCUT2D eigenvalue weighted by atomic mass is 10.1. The predicted molar refractivity (Wildman–Crippen MR) is 88.6 cm³/mol. The van der Waals surface area contributed by atoms with Crippen LogP contribution in [0.3, 0.4) is 0 Å². The monoisotopic (exact) mass is 361 g/mol. The third kappa shape index (κ3) is 3.89. The molecule has 0 bridgehead atoms. The van der Waals surface area contributed by atoms with E-state index in [0.717, 1.165) is 6.92 Å². The van der Waals surface area contributed by atoms with Crippen molar-refractivity contribution in [3.63, 3.8) is 0 Å². The minimum atomic E-state index is -1.26. The molecule has 0 atom stereocenters. The van der Waals surface area contributed by atoms with E-state index in [1.807, 2.05) is 0 Å². The molecule has 2 aromatic rings. The topological polar surface area (TPSA) is 143 Å². The van der Waals surface area contributed by atoms with Crippen LogP contribution in [0.15, 0.2) is 33.5 Å². The summed E-state index contributed by atoms with van der Waals surface area (Å²) in [5.41, 5.74) is -2.52. The van der Waals surface area contributed by atoms with Crippen LogP contribution in [0.1, 0.15) is 41.0 Å². The molecule has 0 aliphatic rings. The van der Waals surface area contributed by atoms with Crippen molar-refractivity contribution in [3.05, 3.63) is 45.8 Å². The average Bonchev–Trinajstić information content (AvgIpc) is 2.55. The molecule has 0 aliphatic heterocycles. The Morgan fingerprint density at radius 1 is 1.12 bits per heavy atom. The van der Waals surface area contributed by atoms with E-state index in [9.17, 15) is 29.4 Å². The fourth-order valence-corrected chi connectivity index (χ4v) is 2.03. The fraction of sp³-hybridized carbons (Fsp3) is 0.176. The Labute approximate surface area is 146 Å². The summed E-state index contributed by atoms with van der Waals surface area (Å²) in [5, 5.41) is 22.0. The molecular formula is C17H15NO8. The molecule has 26 heavy (non-hydrogen) atoms. The molecule has 0 aliphatic carbocycles. The SMILES string of the molecule is CCC(=O)Oc1ccc(NC(=O)c2c(O)oc(=O)c(C(C)=O)c2O)cc1. The smallest absolute Gasteiger partial charge is 0.353 e. The normalized spacial score (nSPS) is 10.2. The summed E-state index contributed by atoms with van der Waals surface area (Å²) in [6, 6.07) is 5.68. The van der Waals surface area contributed by atoms with Gasteiger partial charge in [0.15, 0.2) is 17.1 Å². The van der Waals surface area contributed by atoms with Crippen LogP contribution in [0.2, 0.25) is 0 Å². The van der Waals surface area contributed by atoms with Crippen molar-refractivity contribution in [3.8, 4) is 17.4 Å². The summed E-state index contributed by atoms with van der Waals surface area (Å²) in [7, 11) is 0. The number of anilines is 1. The van der Waals surface area contributed by atoms with Crippen molar-refractivity contribution in [1.29, 1.82) is 0 Å². The highest BCUT2D eigenvalue weighted by molar-refractivity contribution is 6.10. The van der Waals surface area contributed by atoms with Gasteiger partial charge >= 0.3 is 17.5 Å². The van der Waals surface area contributed by atoms with Gasteiger partial charge in [-0.25, -0.2) is 4.79 Å². The molecule has 2 rings (SSSR count). The summed E-state index contributed by atoms with van der Waals surface area (Å²) in [4.78, 5) is 46.4. The summed E-state index contributed by atoms with van der Waals surface area (Å²) >= 11 is 0. The van der Waals surface area contributed by atoms with Gasteiger partial charge in [-0.1, -0.05) is 6.92 Å². The van der Waals surface area contributed by atoms with Crippen LogP contribution in [0.4, 0.5) is 5.69 Å². The number of hydrogen-bond acceptors (Lipinski definition) is 8. The molecule has 9 heteroatoms. The van der Waals surface area contributed by atoms with Gasteiger partial charge < -0.3 is 24.7 Å². The summed E-state index contributed by atoms with van der Waals surface area (Å²) in [6.07, 6.45) is 0.203. The maximum absolute atomic E-state index is 12.3. The number of Topliss-reactive ketones (excluding diaryl/α,β-unsaturated/α-hetero) is 1. The third-order valence-electron chi connectivity index (χ3n) is 3.29. The summed E-state index contributed by atoms with van der Waals surface area (Å²) < 4.78 is 9.40. The van der Waals surface area contributed by atoms with E-state index in [-0.39, 0.29) is 17.9 Å². The van der Waals surface area contributed by atoms with E-state index in [2.05, 4.69) is 9.73 Å². The third-order valence-corrected chi connectivity index (χ3v) is 3.29. The maximum Gasteiger partial charge on any atom is 0.353 e. The molecule has 0 saturated carbocycles. The highest BCUT2D eigenvalue weighted by atomic mass is 16.5. The molecule has 1 aromatic carbocycles. The number of amides is 1. The van der Waals surface area contributed by atoms with Gasteiger partial charge in [0.05, 0.1) is 0 Å². The van der Waals surface area contributed by atoms with Gasteiger partial charge in [0.25, 0.3) is 5.91 Å². The lowest BCUT2D eigenvalue weighted by Gasteiger charge is -2.10. The minimum absolute atomic E-state index is 0.203. The van der Waals surface area contributed by atoms with E-state index >= 15 is 0 Å². The number of nitrogens with one attached hydrogen (secondary N) is 1. The van der Waals surface area contributed by atoms with E-state index in [0.29, 0.717) is 0 Å². The Morgan fingerprint density at radius 2 is 1.73 bits per heavy atom. The van der Waals surface area contributed by atoms with Crippen molar-refractivity contribution in [2.24, 2.45) is 0 Å². The van der Waals surface area contributed by atoms with Crippen LogP contribution in [0.5, 0.6) is 17.4 Å². The van der Waals surface area contributed by atoms with Crippen LogP contribution in [-0.2, 0) is 4.79 Å². The van der Waals surface area contributed by atoms with E-state index in [1.54, 1.807) is 6.92 Å². The van der Waals surface area contributed by atoms with Gasteiger partial charge in [-0.15, -0.1) is 0 Å². The van der Waals surface area contributed by atoms with Crippen molar-refractivity contribution < 1.29 is 33.8 Å². The van der Waals surface area contributed by atoms with E-state index in [4.69, 9.17) is 4.74 Å². The van der Waals surface area contributed by atoms with Crippen molar-refractivity contribution in [2.45, 2.75) is 20.3 Å². The number of benzene rings is 1. The van der Waals surface area contributed by atoms with Crippen molar-refractivity contribution in [2.75, 3.05) is 5.32 Å². The van der Waals surface area contributed by atoms with E-state index in [1.165, 1.54) is 24.3 Å². The second-order valence-corrected chi connectivity index (χ2v) is 5.16. The molecule has 0 unspecified atom stereocenters. The molecular weight excluding hydrogens is 346 g/mol. The number of rotatable bonds is 5. The fourth-order valence-electron chi connectivity index (χ4n) is 2.03. The molecule has 1 aromatic heterocycles. The quantitative estimate of drug-likeness (QED) is 0.416. The first-order valence-electron chi connectivity index (χ1n) is 7.46. The Hall–Kier alpha value is -3.62. The van der Waals surface area contributed by atoms with Crippen molar-refractivity contribution in [1.82, 2.24) is 0 Å². The lowest BCUT2D eigenvalue weighted by molar-refractivity contribution is -0.134. The predicted octanol–water partition coefficient (Wildman–Crippen LogP) is 1.82. The van der Waals surface area contributed by atoms with Crippen LogP contribution in [-0.4, -0.2) is 27.9 Å². The number of carbonyl (C=O) groups excluding carboxylic acids is 3. The zero-order valence-electron chi connectivity index (χ0n) is 13.9. The standard InChI is InChI=1S/C17H15NO8/c1-3-11(20)25-10-6-4-9(5-7-10)18-15(22)13-14(21)12(8(2)19)16(23)26-17(13)24/h4-7,21,24H,3H2,1-2H3,(H,18,22). The lowest BCUT2D eigenvalue weighted by Crippen LogP contribution is -2.18. The van der Waals surface area contributed by atoms with Crippen LogP contribution in [0.25, 0.3) is 0 Å². The van der Waals surface area contributed by atoms with Gasteiger partial charge in [0.1, 0.15) is 11.3 Å². The second-order valence-electron chi connectivity index (χ2n) is 5.16. The van der Waals surface area contributed by atoms with Gasteiger partial charge in [0, 0.05) is 12.1 Å². The Morgan fingerprint density at radius 3 is 2.27 bits per heavy atom. The number of ether oxygens (including phenoxy) is 1. The zero-order chi connectivity index (χ0) is 19.4. The molecule has 1 amide bonds. The average molecular weight is 361 g/mol. The number of esters is 1. The van der Waals surface area contributed by atoms with Gasteiger partial charge in [-0.2, -0.15) is 0 Å². The molecule has 136 valence electrons. The Bertz CT molecular complexity index is 927. The first kappa shape index (κ1) is 18.7. The molecule has 3 N–H and O–H groups in total. The number of carbonyl (C=O) groups is 3. The van der Waals surface area contributed by atoms with Gasteiger partial charge in [-0.05, 0) is 31.2 Å². The Balaban J connectivity index is 2.28. The van der Waals surface area contributed by atoms with E-state index < -0.39 is 46.1 Å². The minimum Gasteiger partial charge on any atom is -0.506 e. The molecule has 9 nitrogen and oxygen atoms in total. The number of aromatic hydroxyl groups is 2. The highest BCUT2D eigenvalue weighted by Gasteiger charge is 2.27. The number of ketones is 1. The molecule has 0 fully saturated rings.